The molecule has 606 valence electrons. The molecule has 0 aromatic carbocycles. The lowest BCUT2D eigenvalue weighted by atomic mass is 9.96. The van der Waals surface area contributed by atoms with E-state index in [0.29, 0.717) is 12.8 Å². The molecular weight excluding hydrogens is 1310 g/mol. The molecule has 0 spiro atoms. The predicted molar refractivity (Wildman–Crippen MR) is 411 cm³/mol. The molecule has 3 fully saturated rings. The van der Waals surface area contributed by atoms with Crippen LogP contribution in [0, 0.1) is 0 Å². The highest BCUT2D eigenvalue weighted by molar-refractivity contribution is 5.76. The molecule has 0 aromatic rings. The molecule has 0 aromatic heterocycles. The second-order valence-corrected chi connectivity index (χ2v) is 30.6. The van der Waals surface area contributed by atoms with Gasteiger partial charge in [-0.1, -0.05) is 346 Å². The van der Waals surface area contributed by atoms with E-state index in [1.165, 1.54) is 283 Å². The van der Waals surface area contributed by atoms with Crippen molar-refractivity contribution in [3.05, 3.63) is 36.5 Å². The Balaban J connectivity index is 1.35. The first kappa shape index (κ1) is 95.2. The Morgan fingerprint density at radius 2 is 0.621 bits per heavy atom. The number of rotatable bonds is 69. The van der Waals surface area contributed by atoms with Gasteiger partial charge in [0.2, 0.25) is 5.91 Å². The van der Waals surface area contributed by atoms with Gasteiger partial charge in [0.15, 0.2) is 18.9 Å². The smallest absolute Gasteiger partial charge is 0.220 e. The fraction of sp³-hybridized carbons (Fsp3) is 0.917. The highest BCUT2D eigenvalue weighted by atomic mass is 16.8. The number of carbonyl (C=O) groups excluding carboxylic acids is 1. The average molecular weight is 1470 g/mol. The lowest BCUT2D eigenvalue weighted by molar-refractivity contribution is -0.379. The number of hydrogen-bond donors (Lipinski definition) is 12. The van der Waals surface area contributed by atoms with Gasteiger partial charge < -0.3 is 89.9 Å². The topological polar surface area (TPSA) is 307 Å². The van der Waals surface area contributed by atoms with Crippen molar-refractivity contribution in [2.24, 2.45) is 0 Å². The van der Waals surface area contributed by atoms with Gasteiger partial charge in [0.25, 0.3) is 0 Å². The van der Waals surface area contributed by atoms with E-state index in [1.807, 2.05) is 6.08 Å². The third kappa shape index (κ3) is 44.5. The van der Waals surface area contributed by atoms with Crippen molar-refractivity contribution in [2.75, 3.05) is 26.4 Å². The predicted octanol–water partition coefficient (Wildman–Crippen LogP) is 15.1. The molecule has 19 heteroatoms. The average Bonchev–Trinajstić information content (AvgIpc) is 0.780. The summed E-state index contributed by atoms with van der Waals surface area (Å²) in [6.07, 6.45) is 54.5. The monoisotopic (exact) mass is 1470 g/mol. The van der Waals surface area contributed by atoms with Crippen molar-refractivity contribution in [2.45, 2.75) is 465 Å². The van der Waals surface area contributed by atoms with E-state index in [0.717, 1.165) is 44.9 Å². The lowest BCUT2D eigenvalue weighted by Gasteiger charge is -2.48. The first-order chi connectivity index (χ1) is 50.3. The van der Waals surface area contributed by atoms with Gasteiger partial charge in [0.05, 0.1) is 38.6 Å². The largest absolute Gasteiger partial charge is 0.394 e. The van der Waals surface area contributed by atoms with Gasteiger partial charge in [-0.15, -0.1) is 0 Å². The van der Waals surface area contributed by atoms with Gasteiger partial charge in [-0.05, 0) is 44.9 Å². The van der Waals surface area contributed by atoms with Crippen molar-refractivity contribution < 1.29 is 89.4 Å². The van der Waals surface area contributed by atoms with E-state index < -0.39 is 124 Å². The minimum atomic E-state index is -1.98. The summed E-state index contributed by atoms with van der Waals surface area (Å²) in [6, 6.07) is -0.996. The summed E-state index contributed by atoms with van der Waals surface area (Å²) in [5.41, 5.74) is 0. The second kappa shape index (κ2) is 64.8. The first-order valence-electron chi connectivity index (χ1n) is 42.7. The molecule has 12 N–H and O–H groups in total. The summed E-state index contributed by atoms with van der Waals surface area (Å²) < 4.78 is 34.5. The number of allylic oxidation sites excluding steroid dienone is 5. The quantitative estimate of drug-likeness (QED) is 0.0199. The minimum absolute atomic E-state index is 0.237. The number of unbranched alkanes of at least 4 members (excludes halogenated alkanes) is 49. The van der Waals surface area contributed by atoms with Crippen molar-refractivity contribution in [3.8, 4) is 0 Å². The van der Waals surface area contributed by atoms with Crippen LogP contribution < -0.4 is 5.32 Å². The van der Waals surface area contributed by atoms with Gasteiger partial charge in [-0.25, -0.2) is 0 Å². The van der Waals surface area contributed by atoms with Crippen molar-refractivity contribution in [1.29, 1.82) is 0 Å². The molecule has 17 unspecified atom stereocenters. The summed E-state index contributed by atoms with van der Waals surface area (Å²) in [7, 11) is 0. The summed E-state index contributed by atoms with van der Waals surface area (Å²) in [5, 5.41) is 121. The zero-order valence-electron chi connectivity index (χ0n) is 65.1. The molecule has 1 amide bonds. The maximum atomic E-state index is 13.5. The number of aliphatic hydroxyl groups is 11. The number of amides is 1. The zero-order valence-corrected chi connectivity index (χ0v) is 65.1. The number of ether oxygens (including phenoxy) is 6. The molecule has 3 saturated heterocycles. The van der Waals surface area contributed by atoms with Crippen LogP contribution in [0.25, 0.3) is 0 Å². The van der Waals surface area contributed by atoms with Crippen LogP contribution >= 0.6 is 0 Å². The van der Waals surface area contributed by atoms with E-state index in [-0.39, 0.29) is 18.9 Å². The second-order valence-electron chi connectivity index (χ2n) is 30.6. The Morgan fingerprint density at radius 1 is 0.340 bits per heavy atom. The molecule has 17 atom stereocenters. The van der Waals surface area contributed by atoms with Gasteiger partial charge in [0, 0.05) is 6.42 Å². The van der Waals surface area contributed by atoms with Crippen LogP contribution in [-0.4, -0.2) is 193 Å². The van der Waals surface area contributed by atoms with Crippen LogP contribution in [0.3, 0.4) is 0 Å². The highest BCUT2D eigenvalue weighted by Gasteiger charge is 2.54. The van der Waals surface area contributed by atoms with Gasteiger partial charge in [-0.3, -0.25) is 4.79 Å². The minimum Gasteiger partial charge on any atom is -0.394 e. The van der Waals surface area contributed by atoms with Crippen molar-refractivity contribution in [1.82, 2.24) is 5.32 Å². The molecule has 0 radical (unpaired) electrons. The van der Waals surface area contributed by atoms with Gasteiger partial charge >= 0.3 is 0 Å². The Morgan fingerprint density at radius 3 is 0.971 bits per heavy atom. The lowest BCUT2D eigenvalue weighted by Crippen LogP contribution is -2.66. The number of carbonyl (C=O) groups is 1. The first-order valence-corrected chi connectivity index (χ1v) is 42.7. The van der Waals surface area contributed by atoms with Crippen LogP contribution in [-0.2, 0) is 33.2 Å². The number of hydrogen-bond acceptors (Lipinski definition) is 18. The van der Waals surface area contributed by atoms with Crippen LogP contribution in [0.2, 0.25) is 0 Å². The highest BCUT2D eigenvalue weighted by Crippen LogP contribution is 2.33. The van der Waals surface area contributed by atoms with Crippen molar-refractivity contribution >= 4 is 5.91 Å². The van der Waals surface area contributed by atoms with Crippen LogP contribution in [0.1, 0.15) is 361 Å². The molecule has 0 saturated carbocycles. The van der Waals surface area contributed by atoms with Crippen LogP contribution in [0.4, 0.5) is 0 Å². The SMILES string of the molecule is CCCCCCCCCCCCCCCC/C=C/CC/C=C/CC/C=C/C(O)C(COC1OC(CO)C(OC2OC(CO)C(OC3OC(CO)C(O)C(O)C3O)C(O)C2O)C(O)C1O)NC(=O)CCCCCCCCCCCCCCCCCCCCCCCCCCCCCCCCCCCC. The summed E-state index contributed by atoms with van der Waals surface area (Å²) in [4.78, 5) is 13.5. The number of nitrogens with one attached hydrogen (secondary N) is 1. The molecule has 0 aliphatic carbocycles. The van der Waals surface area contributed by atoms with E-state index in [4.69, 9.17) is 28.4 Å². The zero-order chi connectivity index (χ0) is 74.6. The fourth-order valence-electron chi connectivity index (χ4n) is 14.6. The van der Waals surface area contributed by atoms with Crippen LogP contribution in [0.15, 0.2) is 36.5 Å². The summed E-state index contributed by atoms with van der Waals surface area (Å²) in [5.74, 6) is -0.282. The van der Waals surface area contributed by atoms with E-state index >= 15 is 0 Å². The molecular formula is C84H157NO18. The Bertz CT molecular complexity index is 2000. The maximum absolute atomic E-state index is 13.5. The van der Waals surface area contributed by atoms with E-state index in [2.05, 4.69) is 43.5 Å². The summed E-state index contributed by atoms with van der Waals surface area (Å²) >= 11 is 0. The van der Waals surface area contributed by atoms with Crippen LogP contribution in [0.5, 0.6) is 0 Å². The summed E-state index contributed by atoms with van der Waals surface area (Å²) in [6.45, 7) is 1.77. The Hall–Kier alpha value is -1.99. The standard InChI is InChI=1S/C84H157NO18/c1-3-5-7-9-11-13-15-17-19-21-23-25-27-29-30-31-32-33-34-35-36-37-38-40-42-44-46-48-50-52-54-56-58-60-62-72(90)85-67(68(89)61-59-57-55-53-51-49-47-45-43-41-39-28-26-24-22-20-18-16-14-12-10-8-6-4-2)66-98-82-78(96)75(93)80(70(64-87)100-82)103-84-79(97)76(94)81(71(65-88)101-84)102-83-77(95)74(92)73(91)69(63-86)99-83/h43,45,51,53,59,61,67-71,73-84,86-89,91-97H,3-42,44,46-50,52,54-58,60,62-66H2,1-2H3,(H,85,90)/b45-43+,53-51+,61-59+. The third-order valence-corrected chi connectivity index (χ3v) is 21.4. The van der Waals surface area contributed by atoms with Gasteiger partial charge in [0.1, 0.15) is 73.2 Å². The Kier molecular flexibility index (Phi) is 59.9. The molecule has 3 aliphatic heterocycles. The van der Waals surface area contributed by atoms with Crippen molar-refractivity contribution in [3.63, 3.8) is 0 Å². The maximum Gasteiger partial charge on any atom is 0.220 e. The van der Waals surface area contributed by atoms with E-state index in [9.17, 15) is 61.0 Å². The molecule has 3 heterocycles. The molecule has 103 heavy (non-hydrogen) atoms. The fourth-order valence-corrected chi connectivity index (χ4v) is 14.6. The van der Waals surface area contributed by atoms with Gasteiger partial charge in [-0.2, -0.15) is 0 Å². The van der Waals surface area contributed by atoms with E-state index in [1.54, 1.807) is 6.08 Å². The Labute approximate surface area is 625 Å². The molecule has 3 aliphatic rings. The normalized spacial score (nSPS) is 26.2. The molecule has 19 nitrogen and oxygen atoms in total. The molecule has 0 bridgehead atoms. The third-order valence-electron chi connectivity index (χ3n) is 21.4. The number of aliphatic hydroxyl groups excluding tert-OH is 11. The molecule has 3 rings (SSSR count).